The van der Waals surface area contributed by atoms with Crippen molar-refractivity contribution in [1.29, 1.82) is 0 Å². The van der Waals surface area contributed by atoms with E-state index in [9.17, 15) is 14.7 Å². The molecule has 9 nitrogen and oxygen atoms in total. The smallest absolute Gasteiger partial charge is 0.238 e. The number of aliphatic carboxylic acids is 1. The number of nitrogens with zero attached hydrogens (tertiary/aromatic N) is 1. The van der Waals surface area contributed by atoms with E-state index < -0.39 is 12.0 Å². The van der Waals surface area contributed by atoms with Gasteiger partial charge in [0.2, 0.25) is 5.91 Å². The molecule has 1 aliphatic rings. The molecule has 3 rings (SSSR count). The summed E-state index contributed by atoms with van der Waals surface area (Å²) in [6.07, 6.45) is 0.398. The maximum absolute atomic E-state index is 12.8. The first kappa shape index (κ1) is 23.2. The predicted octanol–water partition coefficient (Wildman–Crippen LogP) is 1.40. The van der Waals surface area contributed by atoms with Crippen LogP contribution in [0.3, 0.4) is 0 Å². The Balaban J connectivity index is 1.81. The SMILES string of the molecule is COc1ccc(NC(=O)CN2CCc3cc(OC)c(OC)cc3C2CC(=O)[O-])cc1OC. The number of amides is 1. The highest BCUT2D eigenvalue weighted by molar-refractivity contribution is 5.92. The van der Waals surface area contributed by atoms with E-state index in [2.05, 4.69) is 5.32 Å². The summed E-state index contributed by atoms with van der Waals surface area (Å²) in [5.74, 6) is 0.668. The molecule has 0 saturated carbocycles. The minimum Gasteiger partial charge on any atom is -0.550 e. The summed E-state index contributed by atoms with van der Waals surface area (Å²) in [6.45, 7) is 0.528. The van der Waals surface area contributed by atoms with Crippen molar-refractivity contribution >= 4 is 17.6 Å². The summed E-state index contributed by atoms with van der Waals surface area (Å²) in [7, 11) is 6.13. The molecule has 0 spiro atoms. The number of hydrogen-bond donors (Lipinski definition) is 1. The van der Waals surface area contributed by atoms with E-state index in [1.165, 1.54) is 21.3 Å². The van der Waals surface area contributed by atoms with Crippen LogP contribution < -0.4 is 29.4 Å². The fourth-order valence-electron chi connectivity index (χ4n) is 3.97. The van der Waals surface area contributed by atoms with Crippen LogP contribution >= 0.6 is 0 Å². The van der Waals surface area contributed by atoms with Crippen LogP contribution in [-0.4, -0.2) is 58.3 Å². The summed E-state index contributed by atoms with van der Waals surface area (Å²) < 4.78 is 21.2. The van der Waals surface area contributed by atoms with Gasteiger partial charge < -0.3 is 34.2 Å². The molecule has 2 aromatic carbocycles. The lowest BCUT2D eigenvalue weighted by atomic mass is 9.90. The van der Waals surface area contributed by atoms with Crippen molar-refractivity contribution in [2.75, 3.05) is 46.8 Å². The van der Waals surface area contributed by atoms with Crippen LogP contribution in [0.4, 0.5) is 5.69 Å². The summed E-state index contributed by atoms with van der Waals surface area (Å²) in [5, 5.41) is 14.3. The van der Waals surface area contributed by atoms with E-state index in [1.54, 1.807) is 31.4 Å². The number of carbonyl (C=O) groups is 2. The Morgan fingerprint density at radius 2 is 1.59 bits per heavy atom. The van der Waals surface area contributed by atoms with E-state index in [4.69, 9.17) is 18.9 Å². The Labute approximate surface area is 186 Å². The average molecular weight is 443 g/mol. The molecular formula is C23H27N2O7-. The zero-order valence-corrected chi connectivity index (χ0v) is 18.6. The number of hydrogen-bond acceptors (Lipinski definition) is 8. The number of ether oxygens (including phenoxy) is 4. The molecule has 32 heavy (non-hydrogen) atoms. The molecule has 172 valence electrons. The second kappa shape index (κ2) is 10.2. The third kappa shape index (κ3) is 5.05. The molecule has 1 amide bonds. The third-order valence-corrected chi connectivity index (χ3v) is 5.49. The van der Waals surface area contributed by atoms with Crippen LogP contribution in [0, 0.1) is 0 Å². The highest BCUT2D eigenvalue weighted by Crippen LogP contribution is 2.39. The molecule has 0 saturated heterocycles. The van der Waals surface area contributed by atoms with Crippen molar-refractivity contribution in [3.05, 3.63) is 41.5 Å². The van der Waals surface area contributed by atoms with Crippen LogP contribution in [0.25, 0.3) is 0 Å². The molecule has 0 radical (unpaired) electrons. The number of anilines is 1. The zero-order chi connectivity index (χ0) is 23.3. The lowest BCUT2D eigenvalue weighted by molar-refractivity contribution is -0.307. The van der Waals surface area contributed by atoms with Crippen molar-refractivity contribution in [2.45, 2.75) is 18.9 Å². The van der Waals surface area contributed by atoms with Crippen molar-refractivity contribution in [3.8, 4) is 23.0 Å². The fourth-order valence-corrected chi connectivity index (χ4v) is 3.97. The standard InChI is InChI=1S/C23H28N2O7/c1-29-18-6-5-15(10-20(18)31-3)24-22(26)13-25-8-7-14-9-19(30-2)21(32-4)11-16(14)17(25)12-23(27)28/h5-6,9-11,17H,7-8,12-13H2,1-4H3,(H,24,26)(H,27,28)/p-1. The van der Waals surface area contributed by atoms with Crippen LogP contribution in [0.5, 0.6) is 23.0 Å². The maximum atomic E-state index is 12.8. The van der Waals surface area contributed by atoms with Gasteiger partial charge in [-0.15, -0.1) is 0 Å². The molecule has 1 aliphatic heterocycles. The minimum atomic E-state index is -1.19. The molecule has 9 heteroatoms. The van der Waals surface area contributed by atoms with Gasteiger partial charge in [0.05, 0.1) is 35.0 Å². The van der Waals surface area contributed by atoms with Gasteiger partial charge in [0.1, 0.15) is 0 Å². The average Bonchev–Trinajstić information content (AvgIpc) is 2.79. The molecular weight excluding hydrogens is 416 g/mol. The van der Waals surface area contributed by atoms with Crippen LogP contribution in [0.1, 0.15) is 23.6 Å². The Morgan fingerprint density at radius 3 is 2.22 bits per heavy atom. The van der Waals surface area contributed by atoms with Crippen LogP contribution in [0.15, 0.2) is 30.3 Å². The largest absolute Gasteiger partial charge is 0.550 e. The number of methoxy groups -OCH3 is 4. The highest BCUT2D eigenvalue weighted by Gasteiger charge is 2.30. The van der Waals surface area contributed by atoms with Gasteiger partial charge in [0, 0.05) is 36.7 Å². The van der Waals surface area contributed by atoms with Gasteiger partial charge in [-0.25, -0.2) is 0 Å². The number of nitrogens with one attached hydrogen (secondary N) is 1. The van der Waals surface area contributed by atoms with Crippen molar-refractivity contribution in [3.63, 3.8) is 0 Å². The molecule has 1 atom stereocenters. The van der Waals surface area contributed by atoms with E-state index in [0.717, 1.165) is 11.1 Å². The van der Waals surface area contributed by atoms with Gasteiger partial charge >= 0.3 is 0 Å². The van der Waals surface area contributed by atoms with Crippen molar-refractivity contribution in [1.82, 2.24) is 4.90 Å². The van der Waals surface area contributed by atoms with Gasteiger partial charge in [0.15, 0.2) is 23.0 Å². The van der Waals surface area contributed by atoms with Crippen molar-refractivity contribution < 1.29 is 33.6 Å². The number of carbonyl (C=O) groups excluding carboxylic acids is 2. The topological polar surface area (TPSA) is 109 Å². The fraction of sp³-hybridized carbons (Fsp3) is 0.391. The molecule has 0 bridgehead atoms. The lowest BCUT2D eigenvalue weighted by Crippen LogP contribution is -2.43. The molecule has 1 heterocycles. The van der Waals surface area contributed by atoms with E-state index in [-0.39, 0.29) is 18.9 Å². The zero-order valence-electron chi connectivity index (χ0n) is 18.6. The number of carboxylic acid groups (broad SMARTS) is 1. The Kier molecular flexibility index (Phi) is 7.42. The molecule has 0 aromatic heterocycles. The van der Waals surface area contributed by atoms with Gasteiger partial charge in [-0.1, -0.05) is 0 Å². The third-order valence-electron chi connectivity index (χ3n) is 5.49. The normalized spacial score (nSPS) is 15.4. The number of carboxylic acids is 1. The number of rotatable bonds is 9. The molecule has 0 fully saturated rings. The molecule has 1 unspecified atom stereocenters. The van der Waals surface area contributed by atoms with E-state index >= 15 is 0 Å². The molecule has 1 N–H and O–H groups in total. The number of benzene rings is 2. The van der Waals surface area contributed by atoms with Crippen LogP contribution in [0.2, 0.25) is 0 Å². The van der Waals surface area contributed by atoms with Gasteiger partial charge in [-0.3, -0.25) is 9.69 Å². The van der Waals surface area contributed by atoms with Gasteiger partial charge in [0.25, 0.3) is 0 Å². The summed E-state index contributed by atoms with van der Waals surface area (Å²) in [4.78, 5) is 26.1. The maximum Gasteiger partial charge on any atom is 0.238 e. The Hall–Kier alpha value is -3.46. The molecule has 2 aromatic rings. The van der Waals surface area contributed by atoms with Crippen molar-refractivity contribution in [2.24, 2.45) is 0 Å². The monoisotopic (exact) mass is 443 g/mol. The molecule has 0 aliphatic carbocycles. The lowest BCUT2D eigenvalue weighted by Gasteiger charge is -2.37. The quantitative estimate of drug-likeness (QED) is 0.619. The van der Waals surface area contributed by atoms with Gasteiger partial charge in [-0.2, -0.15) is 0 Å². The number of fused-ring (bicyclic) bond motifs is 1. The second-order valence-corrected chi connectivity index (χ2v) is 7.34. The first-order chi connectivity index (χ1) is 15.4. The van der Waals surface area contributed by atoms with Crippen LogP contribution in [-0.2, 0) is 16.0 Å². The summed E-state index contributed by atoms with van der Waals surface area (Å²) >= 11 is 0. The first-order valence-electron chi connectivity index (χ1n) is 10.1. The Morgan fingerprint density at radius 1 is 0.969 bits per heavy atom. The summed E-state index contributed by atoms with van der Waals surface area (Å²) in [5.41, 5.74) is 2.30. The summed E-state index contributed by atoms with van der Waals surface area (Å²) in [6, 6.07) is 8.18. The highest BCUT2D eigenvalue weighted by atomic mass is 16.5. The first-order valence-corrected chi connectivity index (χ1v) is 10.1. The second-order valence-electron chi connectivity index (χ2n) is 7.34. The van der Waals surface area contributed by atoms with Gasteiger partial charge in [-0.05, 0) is 41.8 Å². The predicted molar refractivity (Wildman–Crippen MR) is 115 cm³/mol. The van der Waals surface area contributed by atoms with E-state index in [1.807, 2.05) is 11.0 Å². The van der Waals surface area contributed by atoms with E-state index in [0.29, 0.717) is 41.7 Å². The minimum absolute atomic E-state index is 0.0140. The Bertz CT molecular complexity index is 993.